The third-order valence-corrected chi connectivity index (χ3v) is 4.04. The highest BCUT2D eigenvalue weighted by Gasteiger charge is 2.06. The monoisotopic (exact) mass is 313 g/mol. The average molecular weight is 313 g/mol. The Labute approximate surface area is 135 Å². The highest BCUT2D eigenvalue weighted by Crippen LogP contribution is 2.09. The molecule has 3 aromatic rings. The van der Waals surface area contributed by atoms with Crippen molar-refractivity contribution < 1.29 is 0 Å². The van der Waals surface area contributed by atoms with E-state index in [2.05, 4.69) is 27.8 Å². The Balaban J connectivity index is 1.67. The van der Waals surface area contributed by atoms with Crippen LogP contribution in [0.1, 0.15) is 5.56 Å². The molecule has 0 amide bonds. The predicted octanol–water partition coefficient (Wildman–Crippen LogP) is 2.83. The summed E-state index contributed by atoms with van der Waals surface area (Å²) in [7, 11) is 4.04. The smallest absolute Gasteiger partial charge is 0.180 e. The van der Waals surface area contributed by atoms with Crippen molar-refractivity contribution in [1.29, 1.82) is 0 Å². The molecule has 0 spiro atoms. The molecule has 0 bridgehead atoms. The SMILES string of the molecule is CN(Cc1cnn(-c2ccccc2)c1)Cn1ccn(C)c1=S. The molecule has 0 saturated heterocycles. The quantitative estimate of drug-likeness (QED) is 0.679. The molecule has 0 aliphatic carbocycles. The van der Waals surface area contributed by atoms with Crippen molar-refractivity contribution in [3.63, 3.8) is 0 Å². The molecule has 0 unspecified atom stereocenters. The van der Waals surface area contributed by atoms with Crippen LogP contribution in [0.4, 0.5) is 0 Å². The molecule has 114 valence electrons. The highest BCUT2D eigenvalue weighted by atomic mass is 32.1. The molecule has 0 atom stereocenters. The molecule has 5 nitrogen and oxygen atoms in total. The normalized spacial score (nSPS) is 11.2. The van der Waals surface area contributed by atoms with E-state index in [1.165, 1.54) is 5.56 Å². The number of rotatable bonds is 5. The summed E-state index contributed by atoms with van der Waals surface area (Å²) in [6, 6.07) is 10.1. The van der Waals surface area contributed by atoms with Crippen molar-refractivity contribution in [3.8, 4) is 5.69 Å². The van der Waals surface area contributed by atoms with Crippen LogP contribution in [0.2, 0.25) is 0 Å². The van der Waals surface area contributed by atoms with Gasteiger partial charge in [-0.3, -0.25) is 4.90 Å². The van der Waals surface area contributed by atoms with Gasteiger partial charge in [0.05, 0.1) is 18.6 Å². The fourth-order valence-corrected chi connectivity index (χ4v) is 2.58. The van der Waals surface area contributed by atoms with Gasteiger partial charge >= 0.3 is 0 Å². The molecule has 3 rings (SSSR count). The van der Waals surface area contributed by atoms with E-state index in [0.717, 1.165) is 23.7 Å². The van der Waals surface area contributed by atoms with Crippen LogP contribution in [0.25, 0.3) is 5.69 Å². The van der Waals surface area contributed by atoms with Gasteiger partial charge in [0.1, 0.15) is 0 Å². The Morgan fingerprint density at radius 3 is 2.64 bits per heavy atom. The number of nitrogens with zero attached hydrogens (tertiary/aromatic N) is 5. The maximum atomic E-state index is 5.36. The van der Waals surface area contributed by atoms with Crippen LogP contribution >= 0.6 is 12.2 Å². The molecule has 0 aliphatic heterocycles. The molecule has 0 N–H and O–H groups in total. The summed E-state index contributed by atoms with van der Waals surface area (Å²) in [5, 5.41) is 4.43. The highest BCUT2D eigenvalue weighted by molar-refractivity contribution is 7.71. The van der Waals surface area contributed by atoms with Gasteiger partial charge in [-0.2, -0.15) is 5.10 Å². The molecule has 0 radical (unpaired) electrons. The summed E-state index contributed by atoms with van der Waals surface area (Å²) in [4.78, 5) is 2.21. The zero-order valence-corrected chi connectivity index (χ0v) is 13.6. The summed E-state index contributed by atoms with van der Waals surface area (Å²) in [6.45, 7) is 1.58. The first-order valence-corrected chi connectivity index (χ1v) is 7.53. The second-order valence-corrected chi connectivity index (χ2v) is 5.81. The van der Waals surface area contributed by atoms with Crippen LogP contribution in [0.15, 0.2) is 55.1 Å². The van der Waals surface area contributed by atoms with Gasteiger partial charge in [-0.1, -0.05) is 18.2 Å². The summed E-state index contributed by atoms with van der Waals surface area (Å²) in [6.07, 6.45) is 7.96. The maximum Gasteiger partial charge on any atom is 0.180 e. The summed E-state index contributed by atoms with van der Waals surface area (Å²) < 4.78 is 6.72. The predicted molar refractivity (Wildman–Crippen MR) is 89.3 cm³/mol. The molecule has 2 aromatic heterocycles. The minimum Gasteiger partial charge on any atom is -0.327 e. The molecule has 2 heterocycles. The zero-order chi connectivity index (χ0) is 15.5. The van der Waals surface area contributed by atoms with Gasteiger partial charge in [-0.15, -0.1) is 0 Å². The number of imidazole rings is 1. The Morgan fingerprint density at radius 1 is 1.18 bits per heavy atom. The second-order valence-electron chi connectivity index (χ2n) is 5.45. The minimum absolute atomic E-state index is 0.760. The van der Waals surface area contributed by atoms with Gasteiger partial charge in [-0.05, 0) is 31.4 Å². The van der Waals surface area contributed by atoms with Crippen LogP contribution in [-0.4, -0.2) is 30.9 Å². The van der Waals surface area contributed by atoms with Gasteiger partial charge in [0.15, 0.2) is 4.77 Å². The lowest BCUT2D eigenvalue weighted by Crippen LogP contribution is -2.21. The first kappa shape index (κ1) is 14.7. The van der Waals surface area contributed by atoms with E-state index in [1.807, 2.05) is 65.2 Å². The van der Waals surface area contributed by atoms with Crippen molar-refractivity contribution in [2.75, 3.05) is 7.05 Å². The maximum absolute atomic E-state index is 5.36. The van der Waals surface area contributed by atoms with Crippen molar-refractivity contribution in [2.45, 2.75) is 13.2 Å². The van der Waals surface area contributed by atoms with Crippen LogP contribution in [0.5, 0.6) is 0 Å². The van der Waals surface area contributed by atoms with E-state index in [-0.39, 0.29) is 0 Å². The van der Waals surface area contributed by atoms with E-state index in [4.69, 9.17) is 12.2 Å². The Morgan fingerprint density at radius 2 is 1.95 bits per heavy atom. The lowest BCUT2D eigenvalue weighted by atomic mass is 10.3. The van der Waals surface area contributed by atoms with Crippen LogP contribution in [-0.2, 0) is 20.3 Å². The molecule has 22 heavy (non-hydrogen) atoms. The molecule has 0 aliphatic rings. The van der Waals surface area contributed by atoms with Gasteiger partial charge in [0, 0.05) is 37.7 Å². The van der Waals surface area contributed by atoms with E-state index < -0.39 is 0 Å². The largest absolute Gasteiger partial charge is 0.327 e. The molecular formula is C16H19N5S. The van der Waals surface area contributed by atoms with Crippen molar-refractivity contribution in [2.24, 2.45) is 7.05 Å². The van der Waals surface area contributed by atoms with E-state index in [9.17, 15) is 0 Å². The van der Waals surface area contributed by atoms with Gasteiger partial charge in [0.25, 0.3) is 0 Å². The number of hydrogen-bond acceptors (Lipinski definition) is 3. The molecule has 0 saturated carbocycles. The van der Waals surface area contributed by atoms with Crippen molar-refractivity contribution >= 4 is 12.2 Å². The Bertz CT molecular complexity index is 799. The number of benzene rings is 1. The lowest BCUT2D eigenvalue weighted by molar-refractivity contribution is 0.258. The average Bonchev–Trinajstić information content (AvgIpc) is 3.10. The van der Waals surface area contributed by atoms with Crippen LogP contribution < -0.4 is 0 Å². The van der Waals surface area contributed by atoms with Crippen LogP contribution in [0, 0.1) is 4.77 Å². The fraction of sp³-hybridized carbons (Fsp3) is 0.250. The summed E-state index contributed by atoms with van der Waals surface area (Å²) in [5.41, 5.74) is 2.25. The molecule has 1 aromatic carbocycles. The first-order chi connectivity index (χ1) is 10.6. The number of aryl methyl sites for hydroxylation is 1. The van der Waals surface area contributed by atoms with Gasteiger partial charge in [0.2, 0.25) is 0 Å². The first-order valence-electron chi connectivity index (χ1n) is 7.13. The Hall–Kier alpha value is -2.18. The Kier molecular flexibility index (Phi) is 4.22. The number of hydrogen-bond donors (Lipinski definition) is 0. The summed E-state index contributed by atoms with van der Waals surface area (Å²) in [5.74, 6) is 0. The molecule has 6 heteroatoms. The second kappa shape index (κ2) is 6.29. The minimum atomic E-state index is 0.760. The van der Waals surface area contributed by atoms with Gasteiger partial charge in [-0.25, -0.2) is 4.68 Å². The van der Waals surface area contributed by atoms with E-state index >= 15 is 0 Å². The van der Waals surface area contributed by atoms with Crippen LogP contribution in [0.3, 0.4) is 0 Å². The van der Waals surface area contributed by atoms with E-state index in [0.29, 0.717) is 0 Å². The van der Waals surface area contributed by atoms with Crippen molar-refractivity contribution in [1.82, 2.24) is 23.8 Å². The zero-order valence-electron chi connectivity index (χ0n) is 12.8. The van der Waals surface area contributed by atoms with Gasteiger partial charge < -0.3 is 9.13 Å². The number of aromatic nitrogens is 4. The molecule has 0 fully saturated rings. The third-order valence-electron chi connectivity index (χ3n) is 3.52. The van der Waals surface area contributed by atoms with Crippen molar-refractivity contribution in [3.05, 3.63) is 65.5 Å². The van der Waals surface area contributed by atoms with E-state index in [1.54, 1.807) is 0 Å². The third kappa shape index (κ3) is 3.18. The lowest BCUT2D eigenvalue weighted by Gasteiger charge is -2.16. The summed E-state index contributed by atoms with van der Waals surface area (Å²) >= 11 is 5.36. The topological polar surface area (TPSA) is 30.9 Å². The molecular weight excluding hydrogens is 294 g/mol. The fourth-order valence-electron chi connectivity index (χ4n) is 2.40. The number of para-hydroxylation sites is 1. The standard InChI is InChI=1S/C16H19N5S/c1-18(13-20-9-8-19(2)16(20)22)11-14-10-17-21(12-14)15-6-4-3-5-7-15/h3-10,12H,11,13H2,1-2H3.